The lowest BCUT2D eigenvalue weighted by molar-refractivity contribution is -0.0158. The smallest absolute Gasteiger partial charge is 0.176 e. The molecule has 166 valence electrons. The molecule has 5 heteroatoms. The van der Waals surface area contributed by atoms with E-state index in [0.717, 1.165) is 80.2 Å². The van der Waals surface area contributed by atoms with Crippen molar-refractivity contribution in [3.05, 3.63) is 48.2 Å². The Hall–Kier alpha value is -2.37. The van der Waals surface area contributed by atoms with Crippen molar-refractivity contribution >= 4 is 16.8 Å². The van der Waals surface area contributed by atoms with E-state index < -0.39 is 0 Å². The predicted octanol–water partition coefficient (Wildman–Crippen LogP) is 5.38. The van der Waals surface area contributed by atoms with Crippen molar-refractivity contribution in [2.24, 2.45) is 0 Å². The first kappa shape index (κ1) is 21.8. The van der Waals surface area contributed by atoms with Crippen molar-refractivity contribution in [3.8, 4) is 11.3 Å². The summed E-state index contributed by atoms with van der Waals surface area (Å²) in [6.07, 6.45) is 3.78. The molecule has 2 aromatic heterocycles. The molecule has 3 aromatic rings. The van der Waals surface area contributed by atoms with E-state index in [1.807, 2.05) is 6.07 Å². The van der Waals surface area contributed by atoms with Gasteiger partial charge in [-0.15, -0.1) is 0 Å². The average Bonchev–Trinajstić information content (AvgIpc) is 3.26. The summed E-state index contributed by atoms with van der Waals surface area (Å²) in [5.41, 5.74) is 4.28. The fraction of sp³-hybridized carbons (Fsp3) is 0.500. The van der Waals surface area contributed by atoms with Crippen LogP contribution in [0, 0.1) is 0 Å². The van der Waals surface area contributed by atoms with E-state index in [4.69, 9.17) is 14.1 Å². The lowest BCUT2D eigenvalue weighted by atomic mass is 9.97. The van der Waals surface area contributed by atoms with Crippen LogP contribution < -0.4 is 4.90 Å². The third-order valence-electron chi connectivity index (χ3n) is 6.34. The van der Waals surface area contributed by atoms with Gasteiger partial charge < -0.3 is 19.0 Å². The van der Waals surface area contributed by atoms with Crippen molar-refractivity contribution in [2.45, 2.75) is 46.1 Å². The molecule has 0 amide bonds. The summed E-state index contributed by atoms with van der Waals surface area (Å²) < 4.78 is 11.7. The number of aryl methyl sites for hydroxylation is 1. The number of anilines is 1. The van der Waals surface area contributed by atoms with Crippen LogP contribution in [-0.4, -0.2) is 54.8 Å². The number of rotatable bonds is 8. The van der Waals surface area contributed by atoms with E-state index in [-0.39, 0.29) is 5.60 Å². The number of nitrogens with zero attached hydrogens (tertiary/aromatic N) is 3. The summed E-state index contributed by atoms with van der Waals surface area (Å²) in [7, 11) is 0. The maximum atomic E-state index is 5.84. The van der Waals surface area contributed by atoms with Crippen molar-refractivity contribution in [1.82, 2.24) is 9.88 Å². The highest BCUT2D eigenvalue weighted by Gasteiger charge is 2.21. The van der Waals surface area contributed by atoms with Crippen LogP contribution >= 0.6 is 0 Å². The predicted molar refractivity (Wildman–Crippen MR) is 128 cm³/mol. The van der Waals surface area contributed by atoms with Gasteiger partial charge in [-0.1, -0.05) is 31.2 Å². The molecule has 1 fully saturated rings. The van der Waals surface area contributed by atoms with E-state index in [9.17, 15) is 0 Å². The van der Waals surface area contributed by atoms with Gasteiger partial charge in [-0.05, 0) is 57.9 Å². The second kappa shape index (κ2) is 9.41. The van der Waals surface area contributed by atoms with Crippen LogP contribution in [0.5, 0.6) is 0 Å². The molecule has 1 saturated heterocycles. The fourth-order valence-corrected chi connectivity index (χ4v) is 4.35. The Balaban J connectivity index is 1.54. The van der Waals surface area contributed by atoms with Gasteiger partial charge in [0.1, 0.15) is 0 Å². The number of furan rings is 1. The van der Waals surface area contributed by atoms with Gasteiger partial charge in [0.05, 0.1) is 17.6 Å². The molecule has 0 atom stereocenters. The molecule has 4 rings (SSSR count). The number of ether oxygens (including phenoxy) is 1. The summed E-state index contributed by atoms with van der Waals surface area (Å²) in [6.45, 7) is 14.6. The summed E-state index contributed by atoms with van der Waals surface area (Å²) in [4.78, 5) is 9.89. The van der Waals surface area contributed by atoms with Crippen molar-refractivity contribution in [3.63, 3.8) is 0 Å². The molecular formula is C26H35N3O2. The van der Waals surface area contributed by atoms with Crippen LogP contribution in [0.1, 0.15) is 39.7 Å². The zero-order valence-electron chi connectivity index (χ0n) is 19.4. The van der Waals surface area contributed by atoms with E-state index in [0.29, 0.717) is 0 Å². The Bertz CT molecular complexity index is 986. The fourth-order valence-electron chi connectivity index (χ4n) is 4.35. The van der Waals surface area contributed by atoms with Gasteiger partial charge in [0.15, 0.2) is 11.4 Å². The van der Waals surface area contributed by atoms with Crippen LogP contribution in [0.25, 0.3) is 22.2 Å². The Morgan fingerprint density at radius 1 is 1.03 bits per heavy atom. The van der Waals surface area contributed by atoms with E-state index in [1.165, 1.54) is 5.56 Å². The molecule has 0 saturated carbocycles. The SMILES string of the molecule is CCOC(C)(C)CCc1ccc(-c2cc3ccoc3c(N3CCN(CC)CC3)n2)cc1. The van der Waals surface area contributed by atoms with Crippen LogP contribution in [0.15, 0.2) is 47.1 Å². The van der Waals surface area contributed by atoms with Gasteiger partial charge in [0.25, 0.3) is 0 Å². The van der Waals surface area contributed by atoms with Gasteiger partial charge >= 0.3 is 0 Å². The molecule has 0 unspecified atom stereocenters. The molecule has 31 heavy (non-hydrogen) atoms. The van der Waals surface area contributed by atoms with Gasteiger partial charge in [0.2, 0.25) is 0 Å². The molecular weight excluding hydrogens is 386 g/mol. The average molecular weight is 422 g/mol. The number of fused-ring (bicyclic) bond motifs is 1. The Morgan fingerprint density at radius 2 is 1.77 bits per heavy atom. The first-order valence-electron chi connectivity index (χ1n) is 11.6. The van der Waals surface area contributed by atoms with Crippen LogP contribution in [-0.2, 0) is 11.2 Å². The van der Waals surface area contributed by atoms with Crippen LogP contribution in [0.3, 0.4) is 0 Å². The van der Waals surface area contributed by atoms with Gasteiger partial charge in [-0.2, -0.15) is 0 Å². The van der Waals surface area contributed by atoms with Crippen molar-refractivity contribution in [1.29, 1.82) is 0 Å². The molecule has 0 spiro atoms. The number of pyridine rings is 1. The summed E-state index contributed by atoms with van der Waals surface area (Å²) >= 11 is 0. The van der Waals surface area contributed by atoms with Crippen LogP contribution in [0.2, 0.25) is 0 Å². The monoisotopic (exact) mass is 421 g/mol. The highest BCUT2D eigenvalue weighted by atomic mass is 16.5. The van der Waals surface area contributed by atoms with E-state index in [1.54, 1.807) is 6.26 Å². The van der Waals surface area contributed by atoms with Gasteiger partial charge in [-0.25, -0.2) is 4.98 Å². The highest BCUT2D eigenvalue weighted by molar-refractivity contribution is 5.90. The standard InChI is InChI=1S/C26H35N3O2/c1-5-28-14-16-29(17-15-28)25-24-22(12-18-30-24)19-23(27-25)21-9-7-20(8-10-21)11-13-26(3,4)31-6-2/h7-10,12,18-19H,5-6,11,13-17H2,1-4H3. The van der Waals surface area contributed by atoms with Gasteiger partial charge in [0, 0.05) is 43.7 Å². The molecule has 1 aliphatic heterocycles. The molecule has 0 aliphatic carbocycles. The number of likely N-dealkylation sites (N-methyl/N-ethyl adjacent to an activating group) is 1. The van der Waals surface area contributed by atoms with Crippen molar-refractivity contribution in [2.75, 3.05) is 44.2 Å². The molecule has 1 aliphatic rings. The third-order valence-corrected chi connectivity index (χ3v) is 6.34. The molecule has 5 nitrogen and oxygen atoms in total. The largest absolute Gasteiger partial charge is 0.460 e. The summed E-state index contributed by atoms with van der Waals surface area (Å²) in [5.74, 6) is 0.968. The second-order valence-electron chi connectivity index (χ2n) is 8.98. The Kier molecular flexibility index (Phi) is 6.63. The quantitative estimate of drug-likeness (QED) is 0.488. The number of aromatic nitrogens is 1. The third kappa shape index (κ3) is 5.10. The lowest BCUT2D eigenvalue weighted by Gasteiger charge is -2.34. The van der Waals surface area contributed by atoms with Gasteiger partial charge in [-0.3, -0.25) is 0 Å². The molecule has 0 N–H and O–H groups in total. The minimum Gasteiger partial charge on any atom is -0.460 e. The first-order valence-corrected chi connectivity index (χ1v) is 11.6. The number of hydrogen-bond acceptors (Lipinski definition) is 5. The normalized spacial score (nSPS) is 15.7. The summed E-state index contributed by atoms with van der Waals surface area (Å²) in [6, 6.07) is 13.0. The second-order valence-corrected chi connectivity index (χ2v) is 8.98. The maximum Gasteiger partial charge on any atom is 0.176 e. The minimum atomic E-state index is -0.0853. The molecule has 0 bridgehead atoms. The number of piperazine rings is 1. The minimum absolute atomic E-state index is 0.0853. The number of benzene rings is 1. The summed E-state index contributed by atoms with van der Waals surface area (Å²) in [5, 5.41) is 1.11. The maximum absolute atomic E-state index is 5.84. The van der Waals surface area contributed by atoms with Crippen molar-refractivity contribution < 1.29 is 9.15 Å². The lowest BCUT2D eigenvalue weighted by Crippen LogP contribution is -2.46. The molecule has 0 radical (unpaired) electrons. The zero-order valence-corrected chi connectivity index (χ0v) is 19.4. The molecule has 3 heterocycles. The highest BCUT2D eigenvalue weighted by Crippen LogP contribution is 2.31. The topological polar surface area (TPSA) is 41.7 Å². The first-order chi connectivity index (χ1) is 15.0. The number of hydrogen-bond donors (Lipinski definition) is 0. The Labute approximate surface area is 186 Å². The Morgan fingerprint density at radius 3 is 2.45 bits per heavy atom. The molecule has 1 aromatic carbocycles. The van der Waals surface area contributed by atoms with E-state index in [2.05, 4.69) is 67.8 Å². The van der Waals surface area contributed by atoms with Crippen LogP contribution in [0.4, 0.5) is 5.82 Å². The van der Waals surface area contributed by atoms with E-state index >= 15 is 0 Å². The zero-order chi connectivity index (χ0) is 21.8.